The van der Waals surface area contributed by atoms with E-state index in [1.54, 1.807) is 0 Å². The number of carboxylic acid groups (broad SMARTS) is 1. The lowest BCUT2D eigenvalue weighted by atomic mass is 9.85. The maximum atomic E-state index is 10.3. The van der Waals surface area contributed by atoms with Crippen LogP contribution in [0.1, 0.15) is 77.6 Å². The number of carbonyl (C=O) groups is 2. The van der Waals surface area contributed by atoms with E-state index in [2.05, 4.69) is 11.3 Å². The minimum absolute atomic E-state index is 0.329. The molecule has 0 amide bonds. The van der Waals surface area contributed by atoms with Gasteiger partial charge in [-0.25, -0.2) is 0 Å². The van der Waals surface area contributed by atoms with Gasteiger partial charge in [0.05, 0.1) is 6.26 Å². The van der Waals surface area contributed by atoms with E-state index in [4.69, 9.17) is 5.11 Å². The highest BCUT2D eigenvalue weighted by Crippen LogP contribution is 2.27. The van der Waals surface area contributed by atoms with Crippen LogP contribution in [0.5, 0.6) is 0 Å². The Balaban J connectivity index is 0.000000567. The predicted octanol–water partition coefficient (Wildman–Crippen LogP) is 4.68. The summed E-state index contributed by atoms with van der Waals surface area (Å²) in [6.45, 7) is 4.48. The number of unbranched alkanes of at least 4 members (excludes halogenated alkanes) is 3. The summed E-state index contributed by atoms with van der Waals surface area (Å²) < 4.78 is 4.17. The third-order valence-corrected chi connectivity index (χ3v) is 3.73. The van der Waals surface area contributed by atoms with E-state index in [1.807, 2.05) is 0 Å². The monoisotopic (exact) mass is 298 g/mol. The fourth-order valence-electron chi connectivity index (χ4n) is 2.66. The first-order chi connectivity index (χ1) is 10.1. The summed E-state index contributed by atoms with van der Waals surface area (Å²) in [5.41, 5.74) is 0. The molecule has 122 valence electrons. The summed E-state index contributed by atoms with van der Waals surface area (Å²) in [5, 5.41) is 8.47. The lowest BCUT2D eigenvalue weighted by molar-refractivity contribution is -0.137. The summed E-state index contributed by atoms with van der Waals surface area (Å²) in [6, 6.07) is 0. The van der Waals surface area contributed by atoms with E-state index in [1.165, 1.54) is 58.3 Å². The Kier molecular flexibility index (Phi) is 12.8. The number of carbonyl (C=O) groups excluding carboxylic acids is 1. The smallest absolute Gasteiger partial charge is 0.307 e. The number of aliphatic carboxylic acids is 1. The highest BCUT2D eigenvalue weighted by atomic mass is 16.5. The van der Waals surface area contributed by atoms with Crippen LogP contribution in [-0.2, 0) is 14.3 Å². The molecule has 1 saturated carbocycles. The van der Waals surface area contributed by atoms with Crippen molar-refractivity contribution in [1.82, 2.24) is 0 Å². The fraction of sp³-hybridized carbons (Fsp3) is 0.765. The summed E-state index contributed by atoms with van der Waals surface area (Å²) in [4.78, 5) is 20.0. The van der Waals surface area contributed by atoms with E-state index in [9.17, 15) is 9.59 Å². The molecule has 0 radical (unpaired) electrons. The number of rotatable bonds is 8. The zero-order chi connectivity index (χ0) is 15.9. The lowest BCUT2D eigenvalue weighted by Crippen LogP contribution is -2.05. The van der Waals surface area contributed by atoms with Crippen molar-refractivity contribution in [2.45, 2.75) is 77.6 Å². The van der Waals surface area contributed by atoms with Crippen molar-refractivity contribution in [3.8, 4) is 0 Å². The second kappa shape index (κ2) is 13.7. The highest BCUT2D eigenvalue weighted by molar-refractivity contribution is 5.66. The molecule has 0 aliphatic heterocycles. The first kappa shape index (κ1) is 19.7. The predicted molar refractivity (Wildman–Crippen MR) is 83.9 cm³/mol. The molecule has 0 spiro atoms. The molecule has 1 aliphatic carbocycles. The maximum absolute atomic E-state index is 10.3. The van der Waals surface area contributed by atoms with Crippen LogP contribution in [0.4, 0.5) is 0 Å². The van der Waals surface area contributed by atoms with Crippen molar-refractivity contribution in [3.05, 3.63) is 12.8 Å². The van der Waals surface area contributed by atoms with Crippen molar-refractivity contribution in [2.75, 3.05) is 0 Å². The van der Waals surface area contributed by atoms with E-state index in [0.717, 1.165) is 25.0 Å². The summed E-state index contributed by atoms with van der Waals surface area (Å²) in [7, 11) is 0. The van der Waals surface area contributed by atoms with Crippen LogP contribution in [0, 0.1) is 5.92 Å². The van der Waals surface area contributed by atoms with Crippen LogP contribution >= 0.6 is 0 Å². The van der Waals surface area contributed by atoms with Crippen LogP contribution in [-0.4, -0.2) is 17.0 Å². The molecule has 0 saturated heterocycles. The van der Waals surface area contributed by atoms with Gasteiger partial charge >= 0.3 is 11.9 Å². The van der Waals surface area contributed by atoms with E-state index >= 15 is 0 Å². The molecule has 0 aromatic rings. The zero-order valence-corrected chi connectivity index (χ0v) is 13.3. The van der Waals surface area contributed by atoms with Crippen molar-refractivity contribution < 1.29 is 19.4 Å². The van der Waals surface area contributed by atoms with Gasteiger partial charge in [0.15, 0.2) is 0 Å². The topological polar surface area (TPSA) is 63.6 Å². The van der Waals surface area contributed by atoms with Gasteiger partial charge in [0.25, 0.3) is 0 Å². The Morgan fingerprint density at radius 1 is 1.14 bits per heavy atom. The maximum Gasteiger partial charge on any atom is 0.307 e. The van der Waals surface area contributed by atoms with Gasteiger partial charge in [-0.15, -0.1) is 0 Å². The average molecular weight is 298 g/mol. The SMILES string of the molecule is C=COC(C)=O.O=C(O)CCCCCCC1CCCCC1. The number of hydrogen-bond donors (Lipinski definition) is 1. The standard InChI is InChI=1S/C13H24O2.C4H6O2/c14-13(15)11-7-2-1-4-8-12-9-5-3-6-10-12;1-3-6-4(2)5/h12H,1-11H2,(H,14,15);3H,1H2,2H3. The Morgan fingerprint density at radius 2 is 1.76 bits per heavy atom. The molecular weight excluding hydrogens is 268 g/mol. The first-order valence-corrected chi connectivity index (χ1v) is 8.06. The number of ether oxygens (including phenoxy) is 1. The van der Waals surface area contributed by atoms with Crippen LogP contribution in [0.25, 0.3) is 0 Å². The Labute approximate surface area is 128 Å². The number of hydrogen-bond acceptors (Lipinski definition) is 3. The molecule has 21 heavy (non-hydrogen) atoms. The van der Waals surface area contributed by atoms with E-state index in [0.29, 0.717) is 6.42 Å². The normalized spacial score (nSPS) is 14.7. The summed E-state index contributed by atoms with van der Waals surface area (Å²) in [6.07, 6.45) is 14.5. The van der Waals surface area contributed by atoms with E-state index in [-0.39, 0.29) is 5.97 Å². The molecule has 0 aromatic heterocycles. The third-order valence-electron chi connectivity index (χ3n) is 3.73. The molecule has 0 heterocycles. The average Bonchev–Trinajstić information content (AvgIpc) is 2.44. The number of esters is 1. The van der Waals surface area contributed by atoms with Gasteiger partial charge in [0, 0.05) is 13.3 Å². The first-order valence-electron chi connectivity index (χ1n) is 8.06. The fourth-order valence-corrected chi connectivity index (χ4v) is 2.66. The molecule has 1 rings (SSSR count). The van der Waals surface area contributed by atoms with Gasteiger partial charge < -0.3 is 9.84 Å². The molecule has 4 nitrogen and oxygen atoms in total. The van der Waals surface area contributed by atoms with Crippen molar-refractivity contribution >= 4 is 11.9 Å². The highest BCUT2D eigenvalue weighted by Gasteiger charge is 2.12. The molecular formula is C17H30O4. The Hall–Kier alpha value is -1.32. The number of carboxylic acids is 1. The second-order valence-electron chi connectivity index (χ2n) is 5.63. The molecule has 0 aromatic carbocycles. The Morgan fingerprint density at radius 3 is 2.24 bits per heavy atom. The second-order valence-corrected chi connectivity index (χ2v) is 5.63. The summed E-state index contributed by atoms with van der Waals surface area (Å²) in [5.74, 6) is 0.00510. The summed E-state index contributed by atoms with van der Waals surface area (Å²) >= 11 is 0. The zero-order valence-electron chi connectivity index (χ0n) is 13.3. The quantitative estimate of drug-likeness (QED) is 0.401. The van der Waals surface area contributed by atoms with Gasteiger partial charge in [0.2, 0.25) is 0 Å². The molecule has 0 bridgehead atoms. The minimum Gasteiger partial charge on any atom is -0.481 e. The third kappa shape index (κ3) is 14.9. The largest absolute Gasteiger partial charge is 0.481 e. The molecule has 0 unspecified atom stereocenters. The van der Waals surface area contributed by atoms with Crippen molar-refractivity contribution in [3.63, 3.8) is 0 Å². The van der Waals surface area contributed by atoms with Crippen molar-refractivity contribution in [2.24, 2.45) is 5.92 Å². The van der Waals surface area contributed by atoms with Gasteiger partial charge in [-0.2, -0.15) is 0 Å². The van der Waals surface area contributed by atoms with Crippen LogP contribution in [0.3, 0.4) is 0 Å². The Bertz CT molecular complexity index is 293. The van der Waals surface area contributed by atoms with E-state index < -0.39 is 5.97 Å². The molecule has 4 heteroatoms. The van der Waals surface area contributed by atoms with Gasteiger partial charge in [-0.3, -0.25) is 9.59 Å². The molecule has 0 atom stereocenters. The van der Waals surface area contributed by atoms with Gasteiger partial charge in [-0.1, -0.05) is 64.4 Å². The molecule has 1 fully saturated rings. The van der Waals surface area contributed by atoms with Crippen LogP contribution < -0.4 is 0 Å². The molecule has 1 N–H and O–H groups in total. The van der Waals surface area contributed by atoms with Crippen LogP contribution in [0.2, 0.25) is 0 Å². The van der Waals surface area contributed by atoms with Gasteiger partial charge in [-0.05, 0) is 12.3 Å². The van der Waals surface area contributed by atoms with Gasteiger partial charge in [0.1, 0.15) is 0 Å². The minimum atomic E-state index is -0.651. The lowest BCUT2D eigenvalue weighted by Gasteiger charge is -2.21. The van der Waals surface area contributed by atoms with Crippen molar-refractivity contribution in [1.29, 1.82) is 0 Å². The molecule has 1 aliphatic rings. The van der Waals surface area contributed by atoms with Crippen LogP contribution in [0.15, 0.2) is 12.8 Å².